The number of ether oxygens (including phenoxy) is 2. The van der Waals surface area contributed by atoms with Crippen LogP contribution in [0.3, 0.4) is 0 Å². The second-order valence-corrected chi connectivity index (χ2v) is 11.9. The Morgan fingerprint density at radius 3 is 2.02 bits per heavy atom. The first kappa shape index (κ1) is 30.6. The molecular formula is C30H40N4O6. The maximum absolute atomic E-state index is 13.3. The number of benzene rings is 2. The van der Waals surface area contributed by atoms with E-state index in [0.29, 0.717) is 24.3 Å². The lowest BCUT2D eigenvalue weighted by Gasteiger charge is -2.32. The number of nitrogens with one attached hydrogen (secondary N) is 2. The third-order valence-corrected chi connectivity index (χ3v) is 5.89. The van der Waals surface area contributed by atoms with E-state index < -0.39 is 35.2 Å². The fourth-order valence-electron chi connectivity index (χ4n) is 4.03. The number of hydrogen-bond acceptors (Lipinski definition) is 7. The van der Waals surface area contributed by atoms with Gasteiger partial charge >= 0.3 is 12.1 Å². The second-order valence-electron chi connectivity index (χ2n) is 11.9. The molecule has 0 aliphatic carbocycles. The zero-order valence-electron chi connectivity index (χ0n) is 24.4. The van der Waals surface area contributed by atoms with Crippen molar-refractivity contribution in [2.75, 3.05) is 36.9 Å². The lowest BCUT2D eigenvalue weighted by atomic mass is 10.0. The third-order valence-electron chi connectivity index (χ3n) is 5.89. The molecule has 0 bridgehead atoms. The molecule has 2 N–H and O–H groups in total. The molecule has 10 nitrogen and oxygen atoms in total. The summed E-state index contributed by atoms with van der Waals surface area (Å²) in [7, 11) is 1.91. The number of likely N-dealkylation sites (N-methyl/N-ethyl adjacent to an activating group) is 1. The predicted molar refractivity (Wildman–Crippen MR) is 153 cm³/mol. The largest absolute Gasteiger partial charge is 0.456 e. The van der Waals surface area contributed by atoms with Crippen molar-refractivity contribution < 1.29 is 28.7 Å². The number of carbonyl (C=O) groups is 4. The lowest BCUT2D eigenvalue weighted by Crippen LogP contribution is -2.49. The van der Waals surface area contributed by atoms with E-state index >= 15 is 0 Å². The standard InChI is InChI=1S/C30H40N4O6/c1-29(2,3)39-27(37)21-10-12-22(13-11-21)31-26(36)24(32-28(38)40-30(4,5)6)18-20-8-14-23(15-9-20)34-17-16-33(7)19-25(34)35/h8-15,24H,16-19H2,1-7H3,(H,31,36)(H,32,38)/t24-/m0/s1. The van der Waals surface area contributed by atoms with Crippen LogP contribution in [0.5, 0.6) is 0 Å². The van der Waals surface area contributed by atoms with Gasteiger partial charge in [-0.05, 0) is 90.6 Å². The number of hydrogen-bond donors (Lipinski definition) is 2. The molecule has 0 unspecified atom stereocenters. The maximum Gasteiger partial charge on any atom is 0.408 e. The molecule has 0 radical (unpaired) electrons. The van der Waals surface area contributed by atoms with Crippen molar-refractivity contribution in [1.29, 1.82) is 0 Å². The first-order valence-corrected chi connectivity index (χ1v) is 13.3. The molecule has 1 atom stereocenters. The number of esters is 1. The first-order valence-electron chi connectivity index (χ1n) is 13.3. The van der Waals surface area contributed by atoms with Gasteiger partial charge in [0.2, 0.25) is 11.8 Å². The number of carbonyl (C=O) groups excluding carboxylic acids is 4. The SMILES string of the molecule is CN1CCN(c2ccc(C[C@H](NC(=O)OC(C)(C)C)C(=O)Nc3ccc(C(=O)OC(C)(C)C)cc3)cc2)C(=O)C1. The number of nitrogens with zero attached hydrogens (tertiary/aromatic N) is 2. The van der Waals surface area contributed by atoms with E-state index in [1.807, 2.05) is 36.2 Å². The Morgan fingerprint density at radius 2 is 1.48 bits per heavy atom. The van der Waals surface area contributed by atoms with Crippen molar-refractivity contribution in [3.05, 3.63) is 59.7 Å². The van der Waals surface area contributed by atoms with Crippen LogP contribution in [0, 0.1) is 0 Å². The smallest absolute Gasteiger partial charge is 0.408 e. The zero-order chi connectivity index (χ0) is 29.7. The van der Waals surface area contributed by atoms with Crippen molar-refractivity contribution in [2.45, 2.75) is 65.2 Å². The molecule has 2 aromatic rings. The van der Waals surface area contributed by atoms with Crippen LogP contribution in [-0.2, 0) is 25.5 Å². The second kappa shape index (κ2) is 12.5. The minimum absolute atomic E-state index is 0.0306. The van der Waals surface area contributed by atoms with E-state index in [2.05, 4.69) is 10.6 Å². The van der Waals surface area contributed by atoms with Gasteiger partial charge in [0.15, 0.2) is 0 Å². The average molecular weight is 553 g/mol. The molecular weight excluding hydrogens is 512 g/mol. The quantitative estimate of drug-likeness (QED) is 0.499. The summed E-state index contributed by atoms with van der Waals surface area (Å²) in [5.41, 5.74) is 1.03. The van der Waals surface area contributed by atoms with Crippen molar-refractivity contribution in [3.63, 3.8) is 0 Å². The molecule has 3 rings (SSSR count). The van der Waals surface area contributed by atoms with E-state index in [4.69, 9.17) is 9.47 Å². The van der Waals surface area contributed by atoms with Crippen LogP contribution < -0.4 is 15.5 Å². The van der Waals surface area contributed by atoms with Crippen molar-refractivity contribution in [1.82, 2.24) is 10.2 Å². The van der Waals surface area contributed by atoms with Gasteiger partial charge in [0.1, 0.15) is 17.2 Å². The zero-order valence-corrected chi connectivity index (χ0v) is 24.4. The molecule has 1 heterocycles. The molecule has 216 valence electrons. The van der Waals surface area contributed by atoms with Gasteiger partial charge in [-0.3, -0.25) is 14.5 Å². The van der Waals surface area contributed by atoms with Gasteiger partial charge in [0.05, 0.1) is 12.1 Å². The highest BCUT2D eigenvalue weighted by Gasteiger charge is 2.26. The van der Waals surface area contributed by atoms with Gasteiger partial charge in [-0.1, -0.05) is 12.1 Å². The summed E-state index contributed by atoms with van der Waals surface area (Å²) >= 11 is 0. The Morgan fingerprint density at radius 1 is 0.875 bits per heavy atom. The number of amides is 3. The molecule has 40 heavy (non-hydrogen) atoms. The topological polar surface area (TPSA) is 117 Å². The summed E-state index contributed by atoms with van der Waals surface area (Å²) in [6, 6.07) is 12.8. The van der Waals surface area contributed by atoms with Crippen LogP contribution in [-0.4, -0.2) is 72.7 Å². The number of anilines is 2. The van der Waals surface area contributed by atoms with Gasteiger partial charge in [-0.25, -0.2) is 9.59 Å². The predicted octanol–water partition coefficient (Wildman–Crippen LogP) is 3.99. The Balaban J connectivity index is 1.73. The van der Waals surface area contributed by atoms with E-state index in [0.717, 1.165) is 17.8 Å². The van der Waals surface area contributed by atoms with Crippen LogP contribution in [0.1, 0.15) is 57.5 Å². The van der Waals surface area contributed by atoms with E-state index in [1.54, 1.807) is 70.7 Å². The maximum atomic E-state index is 13.3. The lowest BCUT2D eigenvalue weighted by molar-refractivity contribution is -0.121. The number of piperazine rings is 1. The molecule has 1 saturated heterocycles. The van der Waals surface area contributed by atoms with Crippen LogP contribution in [0.2, 0.25) is 0 Å². The van der Waals surface area contributed by atoms with Crippen LogP contribution >= 0.6 is 0 Å². The Hall–Kier alpha value is -3.92. The fraction of sp³-hybridized carbons (Fsp3) is 0.467. The van der Waals surface area contributed by atoms with Crippen LogP contribution in [0.25, 0.3) is 0 Å². The van der Waals surface area contributed by atoms with Crippen molar-refractivity contribution in [2.24, 2.45) is 0 Å². The number of alkyl carbamates (subject to hydrolysis) is 1. The normalized spacial score (nSPS) is 15.3. The van der Waals surface area contributed by atoms with Crippen molar-refractivity contribution in [3.8, 4) is 0 Å². The van der Waals surface area contributed by atoms with Gasteiger partial charge in [0, 0.05) is 30.9 Å². The summed E-state index contributed by atoms with van der Waals surface area (Å²) in [6.07, 6.45) is -0.523. The highest BCUT2D eigenvalue weighted by molar-refractivity contribution is 5.98. The molecule has 0 aromatic heterocycles. The molecule has 1 aliphatic rings. The molecule has 1 fully saturated rings. The summed E-state index contributed by atoms with van der Waals surface area (Å²) in [4.78, 5) is 54.3. The molecule has 0 saturated carbocycles. The van der Waals surface area contributed by atoms with Crippen LogP contribution in [0.15, 0.2) is 48.5 Å². The van der Waals surface area contributed by atoms with Gasteiger partial charge in [0.25, 0.3) is 0 Å². The number of rotatable bonds is 7. The summed E-state index contributed by atoms with van der Waals surface area (Å²) in [6.45, 7) is 12.3. The molecule has 0 spiro atoms. The summed E-state index contributed by atoms with van der Waals surface area (Å²) in [5, 5.41) is 5.47. The van der Waals surface area contributed by atoms with Crippen LogP contribution in [0.4, 0.5) is 16.2 Å². The third kappa shape index (κ3) is 9.37. The van der Waals surface area contributed by atoms with Crippen molar-refractivity contribution >= 4 is 35.3 Å². The molecule has 2 aromatic carbocycles. The highest BCUT2D eigenvalue weighted by Crippen LogP contribution is 2.20. The Bertz CT molecular complexity index is 1210. The van der Waals surface area contributed by atoms with Gasteiger partial charge in [-0.15, -0.1) is 0 Å². The minimum Gasteiger partial charge on any atom is -0.456 e. The van der Waals surface area contributed by atoms with E-state index in [1.165, 1.54) is 0 Å². The fourth-order valence-corrected chi connectivity index (χ4v) is 4.03. The Kier molecular flexibility index (Phi) is 9.57. The summed E-state index contributed by atoms with van der Waals surface area (Å²) in [5.74, 6) is -0.881. The van der Waals surface area contributed by atoms with Gasteiger partial charge < -0.3 is 25.0 Å². The van der Waals surface area contributed by atoms with E-state index in [9.17, 15) is 19.2 Å². The van der Waals surface area contributed by atoms with Gasteiger partial charge in [-0.2, -0.15) is 0 Å². The molecule has 1 aliphatic heterocycles. The average Bonchev–Trinajstić information content (AvgIpc) is 2.82. The molecule has 10 heteroatoms. The Labute approximate surface area is 236 Å². The summed E-state index contributed by atoms with van der Waals surface area (Å²) < 4.78 is 10.8. The minimum atomic E-state index is -0.948. The monoisotopic (exact) mass is 552 g/mol. The highest BCUT2D eigenvalue weighted by atomic mass is 16.6. The molecule has 3 amide bonds. The van der Waals surface area contributed by atoms with E-state index in [-0.39, 0.29) is 12.3 Å². The first-order chi connectivity index (χ1) is 18.6.